The summed E-state index contributed by atoms with van der Waals surface area (Å²) < 4.78 is 5.24. The van der Waals surface area contributed by atoms with Gasteiger partial charge in [-0.1, -0.05) is 41.7 Å². The molecule has 9 heteroatoms. The fourth-order valence-electron chi connectivity index (χ4n) is 1.81. The lowest BCUT2D eigenvalue weighted by Gasteiger charge is -2.45. The lowest BCUT2D eigenvalue weighted by atomic mass is 10.1. The SMILES string of the molecule is CCN1C(Cl)=C(Cl)C=C(Cl)C1(CC)OP(O)(O)=S. The molecule has 0 aliphatic carbocycles. The molecule has 0 aromatic heterocycles. The highest BCUT2D eigenvalue weighted by Crippen LogP contribution is 2.51. The molecule has 0 spiro atoms. The molecule has 18 heavy (non-hydrogen) atoms. The van der Waals surface area contributed by atoms with Crippen LogP contribution in [-0.4, -0.2) is 27.0 Å². The molecular weight excluding hydrogens is 340 g/mol. The molecule has 0 saturated carbocycles. The van der Waals surface area contributed by atoms with Crippen LogP contribution >= 0.6 is 41.5 Å². The molecule has 0 radical (unpaired) electrons. The largest absolute Gasteiger partial charge is 0.328 e. The van der Waals surface area contributed by atoms with Gasteiger partial charge in [0, 0.05) is 6.54 Å². The van der Waals surface area contributed by atoms with Crippen molar-refractivity contribution in [1.29, 1.82) is 0 Å². The molecule has 1 atom stereocenters. The van der Waals surface area contributed by atoms with E-state index in [4.69, 9.17) is 39.3 Å². The summed E-state index contributed by atoms with van der Waals surface area (Å²) >= 11 is 22.7. The summed E-state index contributed by atoms with van der Waals surface area (Å²) in [4.78, 5) is 20.4. The van der Waals surface area contributed by atoms with Gasteiger partial charge in [-0.15, -0.1) is 0 Å². The number of rotatable bonds is 4. The molecule has 4 nitrogen and oxygen atoms in total. The van der Waals surface area contributed by atoms with Crippen molar-refractivity contribution in [3.63, 3.8) is 0 Å². The van der Waals surface area contributed by atoms with E-state index in [-0.39, 0.29) is 15.2 Å². The van der Waals surface area contributed by atoms with Crippen LogP contribution in [0.4, 0.5) is 0 Å². The topological polar surface area (TPSA) is 52.9 Å². The van der Waals surface area contributed by atoms with Crippen molar-refractivity contribution in [2.75, 3.05) is 6.54 Å². The third kappa shape index (κ3) is 3.22. The van der Waals surface area contributed by atoms with Crippen LogP contribution < -0.4 is 0 Å². The molecule has 1 aliphatic rings. The smallest absolute Gasteiger partial charge is 0.324 e. The number of hydrogen-bond donors (Lipinski definition) is 2. The van der Waals surface area contributed by atoms with Crippen molar-refractivity contribution in [3.05, 3.63) is 21.3 Å². The Hall–Kier alpha value is 0.680. The fourth-order valence-corrected chi connectivity index (χ4v) is 3.91. The van der Waals surface area contributed by atoms with Gasteiger partial charge in [-0.2, -0.15) is 0 Å². The molecular formula is C9H13Cl3NO3PS. The van der Waals surface area contributed by atoms with Crippen LogP contribution in [0.2, 0.25) is 0 Å². The highest BCUT2D eigenvalue weighted by molar-refractivity contribution is 8.06. The Morgan fingerprint density at radius 1 is 1.39 bits per heavy atom. The van der Waals surface area contributed by atoms with Crippen molar-refractivity contribution in [2.45, 2.75) is 26.0 Å². The standard InChI is InChI=1S/C9H13Cl3NO3PS/c1-3-9(16-17(14,15)18)7(11)5-6(10)8(12)13(9)4-2/h5H,3-4H2,1-2H3,(H2,14,15,18). The molecule has 1 heterocycles. The lowest BCUT2D eigenvalue weighted by molar-refractivity contribution is -0.0339. The van der Waals surface area contributed by atoms with Crippen LogP contribution in [0, 0.1) is 0 Å². The first-order chi connectivity index (χ1) is 8.18. The van der Waals surface area contributed by atoms with Crippen molar-refractivity contribution < 1.29 is 14.3 Å². The average molecular weight is 353 g/mol. The minimum atomic E-state index is -3.91. The minimum Gasteiger partial charge on any atom is -0.328 e. The molecule has 0 amide bonds. The maximum atomic E-state index is 9.40. The summed E-state index contributed by atoms with van der Waals surface area (Å²) in [6.07, 6.45) is 1.75. The molecule has 1 aliphatic heterocycles. The summed E-state index contributed by atoms with van der Waals surface area (Å²) in [5, 5.41) is 0.702. The first-order valence-corrected chi connectivity index (χ1v) is 8.90. The number of nitrogens with zero attached hydrogens (tertiary/aromatic N) is 1. The molecule has 0 aromatic rings. The van der Waals surface area contributed by atoms with Gasteiger partial charge in [-0.3, -0.25) is 4.52 Å². The molecule has 0 saturated heterocycles. The van der Waals surface area contributed by atoms with Gasteiger partial charge in [-0.25, -0.2) is 0 Å². The van der Waals surface area contributed by atoms with Gasteiger partial charge in [0.1, 0.15) is 5.16 Å². The highest BCUT2D eigenvalue weighted by atomic mass is 35.5. The molecule has 1 unspecified atom stereocenters. The Kier molecular flexibility index (Phi) is 5.56. The third-order valence-corrected chi connectivity index (χ3v) is 4.52. The zero-order valence-electron chi connectivity index (χ0n) is 9.73. The number of halogens is 3. The van der Waals surface area contributed by atoms with Gasteiger partial charge in [0.15, 0.2) is 5.72 Å². The minimum absolute atomic E-state index is 0.207. The Morgan fingerprint density at radius 2 is 1.94 bits per heavy atom. The number of likely N-dealkylation sites (N-methyl/N-ethyl adjacent to an activating group) is 1. The van der Waals surface area contributed by atoms with Crippen LogP contribution in [0.1, 0.15) is 20.3 Å². The molecule has 0 aromatic carbocycles. The van der Waals surface area contributed by atoms with E-state index < -0.39 is 12.4 Å². The summed E-state index contributed by atoms with van der Waals surface area (Å²) in [7, 11) is 0. The first kappa shape index (κ1) is 16.7. The van der Waals surface area contributed by atoms with Crippen molar-refractivity contribution in [3.8, 4) is 0 Å². The van der Waals surface area contributed by atoms with Crippen molar-refractivity contribution in [2.24, 2.45) is 0 Å². The van der Waals surface area contributed by atoms with E-state index in [0.29, 0.717) is 13.0 Å². The van der Waals surface area contributed by atoms with Crippen LogP contribution in [0.15, 0.2) is 21.3 Å². The quantitative estimate of drug-likeness (QED) is 0.600. The van der Waals surface area contributed by atoms with Gasteiger partial charge in [-0.05, 0) is 31.2 Å². The van der Waals surface area contributed by atoms with E-state index in [2.05, 4.69) is 11.8 Å². The van der Waals surface area contributed by atoms with Gasteiger partial charge >= 0.3 is 6.72 Å². The van der Waals surface area contributed by atoms with Crippen LogP contribution in [0.3, 0.4) is 0 Å². The summed E-state index contributed by atoms with van der Waals surface area (Å²) in [5.74, 6) is 0. The molecule has 104 valence electrons. The molecule has 2 N–H and O–H groups in total. The summed E-state index contributed by atoms with van der Waals surface area (Å²) in [6, 6.07) is 0. The molecule has 1 rings (SSSR count). The highest BCUT2D eigenvalue weighted by Gasteiger charge is 2.46. The van der Waals surface area contributed by atoms with Gasteiger partial charge in [0.05, 0.1) is 10.1 Å². The number of allylic oxidation sites excluding steroid dienone is 2. The Balaban J connectivity index is 3.33. The van der Waals surface area contributed by atoms with Crippen LogP contribution in [-0.2, 0) is 16.3 Å². The van der Waals surface area contributed by atoms with Crippen molar-refractivity contribution in [1.82, 2.24) is 4.90 Å². The second-order valence-electron chi connectivity index (χ2n) is 3.60. The van der Waals surface area contributed by atoms with Gasteiger partial charge in [0.2, 0.25) is 0 Å². The summed E-state index contributed by atoms with van der Waals surface area (Å²) in [5.41, 5.74) is -1.29. The lowest BCUT2D eigenvalue weighted by Crippen LogP contribution is -2.50. The van der Waals surface area contributed by atoms with Crippen LogP contribution in [0.25, 0.3) is 0 Å². The maximum Gasteiger partial charge on any atom is 0.324 e. The van der Waals surface area contributed by atoms with Gasteiger partial charge in [0.25, 0.3) is 0 Å². The predicted octanol–water partition coefficient (Wildman–Crippen LogP) is 3.42. The van der Waals surface area contributed by atoms with Crippen molar-refractivity contribution >= 4 is 53.3 Å². The van der Waals surface area contributed by atoms with E-state index in [1.165, 1.54) is 6.08 Å². The Labute approximate surface area is 126 Å². The van der Waals surface area contributed by atoms with Crippen LogP contribution in [0.5, 0.6) is 0 Å². The average Bonchev–Trinajstić information content (AvgIpc) is 2.24. The fraction of sp³-hybridized carbons (Fsp3) is 0.556. The first-order valence-electron chi connectivity index (χ1n) is 5.14. The Morgan fingerprint density at radius 3 is 2.33 bits per heavy atom. The Bertz CT molecular complexity index is 450. The van der Waals surface area contributed by atoms with E-state index in [9.17, 15) is 9.79 Å². The zero-order valence-corrected chi connectivity index (χ0v) is 13.7. The maximum absolute atomic E-state index is 9.40. The van der Waals surface area contributed by atoms with Gasteiger partial charge < -0.3 is 14.7 Å². The predicted molar refractivity (Wildman–Crippen MR) is 77.9 cm³/mol. The summed E-state index contributed by atoms with van der Waals surface area (Å²) in [6.45, 7) is 0.0954. The molecule has 0 bridgehead atoms. The second-order valence-corrected chi connectivity index (χ2v) is 7.36. The third-order valence-electron chi connectivity index (χ3n) is 2.56. The van der Waals surface area contributed by atoms with E-state index >= 15 is 0 Å². The second kappa shape index (κ2) is 5.98. The van der Waals surface area contributed by atoms with E-state index in [1.54, 1.807) is 11.8 Å². The monoisotopic (exact) mass is 351 g/mol. The normalized spacial score (nSPS) is 25.5. The number of hydrogen-bond acceptors (Lipinski definition) is 3. The van der Waals surface area contributed by atoms with E-state index in [0.717, 1.165) is 0 Å². The zero-order chi connectivity index (χ0) is 14.1. The van der Waals surface area contributed by atoms with E-state index in [1.807, 2.05) is 6.92 Å². The molecule has 0 fully saturated rings.